The molecule has 0 saturated carbocycles. The Bertz CT molecular complexity index is 1450. The number of imidazole rings is 1. The summed E-state index contributed by atoms with van der Waals surface area (Å²) in [6.45, 7) is 3.35. The first-order valence-electron chi connectivity index (χ1n) is 10.9. The number of carbonyl (C=O) groups excluding carboxylic acids is 2. The standard InChI is InChI=1S/C24H23N5O6S/c1-3-20(34-24(31)17-6-4-16(5-7-17)22-25-12-13-26-22)23(30)27-18-8-10-19(11-9-18)36(32,33)29-21-14-15(2)35-28-21/h4-14,20H,3H2,1-2H3,(H,25,26)(H,27,30)(H,28,29). The fraction of sp³-hybridized carbons (Fsp3) is 0.167. The number of amides is 1. The molecular weight excluding hydrogens is 486 g/mol. The Kier molecular flexibility index (Phi) is 7.15. The summed E-state index contributed by atoms with van der Waals surface area (Å²) in [6, 6.07) is 13.6. The largest absolute Gasteiger partial charge is 0.449 e. The van der Waals surface area contributed by atoms with E-state index < -0.39 is 28.0 Å². The highest BCUT2D eigenvalue weighted by Crippen LogP contribution is 2.20. The van der Waals surface area contributed by atoms with E-state index in [0.29, 0.717) is 22.8 Å². The number of nitrogens with one attached hydrogen (secondary N) is 3. The highest BCUT2D eigenvalue weighted by atomic mass is 32.2. The van der Waals surface area contributed by atoms with Gasteiger partial charge >= 0.3 is 5.97 Å². The molecule has 1 amide bonds. The number of sulfonamides is 1. The molecule has 36 heavy (non-hydrogen) atoms. The van der Waals surface area contributed by atoms with E-state index in [1.165, 1.54) is 30.3 Å². The number of carbonyl (C=O) groups is 2. The summed E-state index contributed by atoms with van der Waals surface area (Å²) in [6.07, 6.45) is 2.54. The Morgan fingerprint density at radius 3 is 2.42 bits per heavy atom. The van der Waals surface area contributed by atoms with E-state index in [4.69, 9.17) is 9.26 Å². The Balaban J connectivity index is 1.36. The first kappa shape index (κ1) is 24.7. The van der Waals surface area contributed by atoms with Crippen LogP contribution in [0.15, 0.2) is 76.4 Å². The van der Waals surface area contributed by atoms with Crippen LogP contribution in [0.1, 0.15) is 29.5 Å². The molecule has 3 N–H and O–H groups in total. The number of ether oxygens (including phenoxy) is 1. The number of hydrogen-bond donors (Lipinski definition) is 3. The van der Waals surface area contributed by atoms with E-state index >= 15 is 0 Å². The van der Waals surface area contributed by atoms with Gasteiger partial charge in [0, 0.05) is 29.7 Å². The summed E-state index contributed by atoms with van der Waals surface area (Å²) in [5.41, 5.74) is 1.44. The maximum atomic E-state index is 12.7. The van der Waals surface area contributed by atoms with Crippen molar-refractivity contribution in [1.29, 1.82) is 0 Å². The number of nitrogens with zero attached hydrogens (tertiary/aromatic N) is 2. The zero-order valence-corrected chi connectivity index (χ0v) is 20.2. The first-order chi connectivity index (χ1) is 17.2. The summed E-state index contributed by atoms with van der Waals surface area (Å²) in [4.78, 5) is 32.4. The van der Waals surface area contributed by atoms with E-state index in [0.717, 1.165) is 5.56 Å². The second-order valence-electron chi connectivity index (χ2n) is 7.76. The Morgan fingerprint density at radius 1 is 1.11 bits per heavy atom. The van der Waals surface area contributed by atoms with E-state index in [9.17, 15) is 18.0 Å². The molecule has 2 heterocycles. The molecule has 0 saturated heterocycles. The van der Waals surface area contributed by atoms with Gasteiger partial charge in [-0.3, -0.25) is 9.52 Å². The van der Waals surface area contributed by atoms with Crippen LogP contribution in [0.5, 0.6) is 0 Å². The van der Waals surface area contributed by atoms with Crippen LogP contribution < -0.4 is 10.0 Å². The summed E-state index contributed by atoms with van der Waals surface area (Å²) in [7, 11) is -3.89. The SMILES string of the molecule is CCC(OC(=O)c1ccc(-c2ncc[nH]2)cc1)C(=O)Nc1ccc(S(=O)(=O)Nc2cc(C)on2)cc1. The number of H-pyrrole nitrogens is 1. The molecule has 4 rings (SSSR count). The monoisotopic (exact) mass is 509 g/mol. The van der Waals surface area contributed by atoms with Gasteiger partial charge in [0.15, 0.2) is 11.9 Å². The van der Waals surface area contributed by atoms with Gasteiger partial charge in [0.1, 0.15) is 11.6 Å². The minimum atomic E-state index is -3.89. The van der Waals surface area contributed by atoms with Gasteiger partial charge < -0.3 is 19.6 Å². The van der Waals surface area contributed by atoms with Crippen molar-refractivity contribution in [3.8, 4) is 11.4 Å². The smallest absolute Gasteiger partial charge is 0.338 e. The lowest BCUT2D eigenvalue weighted by Crippen LogP contribution is -2.32. The highest BCUT2D eigenvalue weighted by Gasteiger charge is 2.23. The van der Waals surface area contributed by atoms with Gasteiger partial charge in [0.2, 0.25) is 0 Å². The zero-order chi connectivity index (χ0) is 25.7. The third-order valence-electron chi connectivity index (χ3n) is 5.10. The molecular formula is C24H23N5O6S. The van der Waals surface area contributed by atoms with Crippen LogP contribution in [0.25, 0.3) is 11.4 Å². The maximum absolute atomic E-state index is 12.7. The van der Waals surface area contributed by atoms with Crippen molar-refractivity contribution in [2.24, 2.45) is 0 Å². The van der Waals surface area contributed by atoms with Crippen LogP contribution in [0.3, 0.4) is 0 Å². The predicted molar refractivity (Wildman–Crippen MR) is 131 cm³/mol. The van der Waals surface area contributed by atoms with E-state index in [1.807, 2.05) is 0 Å². The fourth-order valence-electron chi connectivity index (χ4n) is 3.26. The zero-order valence-electron chi connectivity index (χ0n) is 19.4. The van der Waals surface area contributed by atoms with E-state index in [2.05, 4.69) is 25.2 Å². The molecule has 0 fully saturated rings. The fourth-order valence-corrected chi connectivity index (χ4v) is 4.24. The van der Waals surface area contributed by atoms with Gasteiger partial charge in [-0.2, -0.15) is 0 Å². The molecule has 0 bridgehead atoms. The molecule has 12 heteroatoms. The molecule has 1 unspecified atom stereocenters. The topological polar surface area (TPSA) is 156 Å². The number of esters is 1. The summed E-state index contributed by atoms with van der Waals surface area (Å²) < 4.78 is 37.6. The average Bonchev–Trinajstić information content (AvgIpc) is 3.54. The van der Waals surface area contributed by atoms with Gasteiger partial charge in [0.05, 0.1) is 10.5 Å². The number of benzene rings is 2. The van der Waals surface area contributed by atoms with Gasteiger partial charge in [-0.15, -0.1) is 0 Å². The molecule has 0 radical (unpaired) electrons. The molecule has 0 spiro atoms. The summed E-state index contributed by atoms with van der Waals surface area (Å²) in [5.74, 6) is 0.0166. The van der Waals surface area contributed by atoms with Crippen LogP contribution in [-0.4, -0.2) is 41.5 Å². The van der Waals surface area contributed by atoms with Crippen molar-refractivity contribution < 1.29 is 27.3 Å². The lowest BCUT2D eigenvalue weighted by molar-refractivity contribution is -0.124. The predicted octanol–water partition coefficient (Wildman–Crippen LogP) is 3.75. The normalized spacial score (nSPS) is 12.1. The number of aromatic amines is 1. The maximum Gasteiger partial charge on any atom is 0.338 e. The van der Waals surface area contributed by atoms with Crippen LogP contribution in [-0.2, 0) is 19.6 Å². The lowest BCUT2D eigenvalue weighted by Gasteiger charge is -2.16. The lowest BCUT2D eigenvalue weighted by atomic mass is 10.1. The van der Waals surface area contributed by atoms with Crippen LogP contribution in [0, 0.1) is 6.92 Å². The van der Waals surface area contributed by atoms with Crippen LogP contribution in [0.2, 0.25) is 0 Å². The Morgan fingerprint density at radius 2 is 1.83 bits per heavy atom. The molecule has 2 aromatic carbocycles. The van der Waals surface area contributed by atoms with Gasteiger partial charge in [-0.25, -0.2) is 18.2 Å². The van der Waals surface area contributed by atoms with E-state index in [1.54, 1.807) is 50.5 Å². The molecule has 0 aliphatic rings. The molecule has 1 atom stereocenters. The Hall–Kier alpha value is -4.45. The molecule has 0 aliphatic carbocycles. The second kappa shape index (κ2) is 10.4. The minimum Gasteiger partial charge on any atom is -0.449 e. The van der Waals surface area contributed by atoms with Crippen molar-refractivity contribution in [3.63, 3.8) is 0 Å². The van der Waals surface area contributed by atoms with Gasteiger partial charge in [0.25, 0.3) is 15.9 Å². The highest BCUT2D eigenvalue weighted by molar-refractivity contribution is 7.92. The van der Waals surface area contributed by atoms with Crippen LogP contribution in [0.4, 0.5) is 11.5 Å². The molecule has 0 aliphatic heterocycles. The third kappa shape index (κ3) is 5.78. The van der Waals surface area contributed by atoms with E-state index in [-0.39, 0.29) is 17.1 Å². The van der Waals surface area contributed by atoms with Crippen LogP contribution >= 0.6 is 0 Å². The van der Waals surface area contributed by atoms with Gasteiger partial charge in [-0.05, 0) is 49.7 Å². The summed E-state index contributed by atoms with van der Waals surface area (Å²) in [5, 5.41) is 6.24. The first-order valence-corrected chi connectivity index (χ1v) is 12.4. The third-order valence-corrected chi connectivity index (χ3v) is 6.47. The van der Waals surface area contributed by atoms with Crippen molar-refractivity contribution in [2.75, 3.05) is 10.0 Å². The molecule has 2 aromatic heterocycles. The quantitative estimate of drug-likeness (QED) is 0.288. The second-order valence-corrected chi connectivity index (χ2v) is 9.44. The Labute approximate surface area is 206 Å². The van der Waals surface area contributed by atoms with Crippen molar-refractivity contribution in [3.05, 3.63) is 78.3 Å². The van der Waals surface area contributed by atoms with Crippen molar-refractivity contribution in [1.82, 2.24) is 15.1 Å². The van der Waals surface area contributed by atoms with Crippen molar-refractivity contribution in [2.45, 2.75) is 31.3 Å². The van der Waals surface area contributed by atoms with Crippen molar-refractivity contribution >= 4 is 33.4 Å². The number of rotatable bonds is 9. The number of aryl methyl sites for hydroxylation is 1. The molecule has 11 nitrogen and oxygen atoms in total. The van der Waals surface area contributed by atoms with Gasteiger partial charge in [-0.1, -0.05) is 24.2 Å². The number of anilines is 2. The average molecular weight is 510 g/mol. The number of hydrogen-bond acceptors (Lipinski definition) is 8. The minimum absolute atomic E-state index is 0.0300. The molecule has 186 valence electrons. The molecule has 4 aromatic rings. The summed E-state index contributed by atoms with van der Waals surface area (Å²) >= 11 is 0. The number of aromatic nitrogens is 3.